The summed E-state index contributed by atoms with van der Waals surface area (Å²) < 4.78 is 1.50. The quantitative estimate of drug-likeness (QED) is 0.282. The van der Waals surface area contributed by atoms with Crippen LogP contribution in [0.1, 0.15) is 63.9 Å². The monoisotopic (exact) mass is 492 g/mol. The third kappa shape index (κ3) is 3.93. The molecule has 0 atom stereocenters. The number of amides is 2. The summed E-state index contributed by atoms with van der Waals surface area (Å²) in [6.45, 7) is 2.86. The number of carbonyl (C=O) groups is 2. The minimum Gasteiger partial charge on any atom is -0.308 e. The van der Waals surface area contributed by atoms with Crippen LogP contribution in [-0.2, 0) is 9.59 Å². The van der Waals surface area contributed by atoms with Crippen molar-refractivity contribution in [1.29, 1.82) is 0 Å². The maximum atomic E-state index is 13.4. The molecule has 0 aromatic heterocycles. The summed E-state index contributed by atoms with van der Waals surface area (Å²) >= 11 is 10.4. The van der Waals surface area contributed by atoms with E-state index in [-0.39, 0.29) is 17.9 Å². The maximum absolute atomic E-state index is 13.4. The minimum absolute atomic E-state index is 0.0680. The zero-order chi connectivity index (χ0) is 20.5. The first kappa shape index (κ1) is 21.1. The molecule has 0 radical (unpaired) electrons. The van der Waals surface area contributed by atoms with Gasteiger partial charge in [-0.05, 0) is 37.5 Å². The molecular formula is C22H25BrN2O2S2. The van der Waals surface area contributed by atoms with E-state index < -0.39 is 0 Å². The molecular weight excluding hydrogens is 468 g/mol. The van der Waals surface area contributed by atoms with Crippen molar-refractivity contribution >= 4 is 67.3 Å². The zero-order valence-electron chi connectivity index (χ0n) is 16.6. The maximum Gasteiger partial charge on any atom is 0.267 e. The Morgan fingerprint density at radius 2 is 1.90 bits per heavy atom. The lowest BCUT2D eigenvalue weighted by Crippen LogP contribution is -2.37. The van der Waals surface area contributed by atoms with Crippen LogP contribution in [0.2, 0.25) is 0 Å². The number of carbonyl (C=O) groups excluding carboxylic acids is 2. The van der Waals surface area contributed by atoms with Crippen LogP contribution in [0.15, 0.2) is 27.6 Å². The van der Waals surface area contributed by atoms with E-state index in [1.165, 1.54) is 18.2 Å². The summed E-state index contributed by atoms with van der Waals surface area (Å²) in [6.07, 6.45) is 8.65. The summed E-state index contributed by atoms with van der Waals surface area (Å²) in [7, 11) is 0. The zero-order valence-corrected chi connectivity index (χ0v) is 19.8. The molecule has 0 N–H and O–H groups in total. The molecule has 1 aromatic carbocycles. The number of hydrogen-bond donors (Lipinski definition) is 0. The smallest absolute Gasteiger partial charge is 0.267 e. The van der Waals surface area contributed by atoms with E-state index in [9.17, 15) is 9.59 Å². The number of thioether (sulfide) groups is 1. The molecule has 0 spiro atoms. The van der Waals surface area contributed by atoms with Gasteiger partial charge >= 0.3 is 0 Å². The Bertz CT molecular complexity index is 893. The molecule has 4 nitrogen and oxygen atoms in total. The van der Waals surface area contributed by atoms with Crippen LogP contribution in [0, 0.1) is 0 Å². The molecule has 2 aliphatic heterocycles. The number of halogens is 1. The van der Waals surface area contributed by atoms with Crippen molar-refractivity contribution < 1.29 is 9.59 Å². The van der Waals surface area contributed by atoms with E-state index >= 15 is 0 Å². The lowest BCUT2D eigenvalue weighted by Gasteiger charge is -2.22. The third-order valence-electron chi connectivity index (χ3n) is 5.93. The normalized spacial score (nSPS) is 22.3. The summed E-state index contributed by atoms with van der Waals surface area (Å²) in [5, 5.41) is 0. The number of hydrogen-bond acceptors (Lipinski definition) is 4. The summed E-state index contributed by atoms with van der Waals surface area (Å²) in [6, 6.07) is 6.07. The Labute approximate surface area is 190 Å². The highest BCUT2D eigenvalue weighted by Crippen LogP contribution is 2.46. The van der Waals surface area contributed by atoms with Crippen LogP contribution in [0.4, 0.5) is 5.69 Å². The molecule has 2 heterocycles. The molecule has 2 amide bonds. The molecule has 1 saturated carbocycles. The van der Waals surface area contributed by atoms with E-state index in [0.29, 0.717) is 21.3 Å². The number of rotatable bonds is 6. The SMILES string of the molecule is CCCCCCN1C(=O)C(=C2SC(=S)N(C3CCCC3)C2=O)c2cc(Br)ccc21. The largest absolute Gasteiger partial charge is 0.308 e. The van der Waals surface area contributed by atoms with Crippen LogP contribution in [-0.4, -0.2) is 33.6 Å². The Balaban J connectivity index is 1.69. The predicted molar refractivity (Wildman–Crippen MR) is 127 cm³/mol. The van der Waals surface area contributed by atoms with Crippen LogP contribution >= 0.6 is 39.9 Å². The first-order chi connectivity index (χ1) is 14.0. The van der Waals surface area contributed by atoms with Crippen LogP contribution in [0.3, 0.4) is 0 Å². The number of benzene rings is 1. The topological polar surface area (TPSA) is 40.6 Å². The average Bonchev–Trinajstić information content (AvgIpc) is 3.37. The molecule has 154 valence electrons. The number of thiocarbonyl (C=S) groups is 1. The van der Waals surface area contributed by atoms with Gasteiger partial charge in [0.05, 0.1) is 16.2 Å². The molecule has 1 aliphatic carbocycles. The van der Waals surface area contributed by atoms with Crippen LogP contribution < -0.4 is 4.90 Å². The van der Waals surface area contributed by atoms with E-state index in [0.717, 1.165) is 60.7 Å². The van der Waals surface area contributed by atoms with Crippen molar-refractivity contribution in [3.8, 4) is 0 Å². The Kier molecular flexibility index (Phi) is 6.47. The fourth-order valence-corrected chi connectivity index (χ4v) is 6.28. The van der Waals surface area contributed by atoms with Gasteiger partial charge in [0.15, 0.2) is 0 Å². The van der Waals surface area contributed by atoms with Crippen molar-refractivity contribution in [2.24, 2.45) is 0 Å². The first-order valence-corrected chi connectivity index (χ1v) is 12.5. The molecule has 0 bridgehead atoms. The molecule has 7 heteroatoms. The van der Waals surface area contributed by atoms with Crippen molar-refractivity contribution in [2.45, 2.75) is 64.3 Å². The standard InChI is InChI=1S/C22H25BrN2O2S2/c1-2-3-4-7-12-24-17-11-10-14(23)13-16(17)18(20(24)26)19-21(27)25(22(28)29-19)15-8-5-6-9-15/h10-11,13,15H,2-9,12H2,1H3. The van der Waals surface area contributed by atoms with Gasteiger partial charge < -0.3 is 4.90 Å². The fraction of sp³-hybridized carbons (Fsp3) is 0.500. The number of unbranched alkanes of at least 4 members (excludes halogenated alkanes) is 3. The Hall–Kier alpha value is -1.18. The molecule has 29 heavy (non-hydrogen) atoms. The van der Waals surface area contributed by atoms with Gasteiger partial charge in [-0.1, -0.05) is 78.9 Å². The van der Waals surface area contributed by atoms with Crippen LogP contribution in [0.5, 0.6) is 0 Å². The average molecular weight is 493 g/mol. The van der Waals surface area contributed by atoms with Gasteiger partial charge in [0.25, 0.3) is 11.8 Å². The van der Waals surface area contributed by atoms with Crippen molar-refractivity contribution in [1.82, 2.24) is 4.90 Å². The Morgan fingerprint density at radius 1 is 1.14 bits per heavy atom. The van der Waals surface area contributed by atoms with Crippen molar-refractivity contribution in [2.75, 3.05) is 11.4 Å². The summed E-state index contributed by atoms with van der Waals surface area (Å²) in [5.41, 5.74) is 2.26. The van der Waals surface area contributed by atoms with Gasteiger partial charge in [0, 0.05) is 22.6 Å². The highest BCUT2D eigenvalue weighted by atomic mass is 79.9. The molecule has 4 rings (SSSR count). The molecule has 2 fully saturated rings. The van der Waals surface area contributed by atoms with E-state index in [4.69, 9.17) is 12.2 Å². The number of fused-ring (bicyclic) bond motifs is 1. The van der Waals surface area contributed by atoms with Gasteiger partial charge in [-0.15, -0.1) is 0 Å². The van der Waals surface area contributed by atoms with E-state index in [1.54, 1.807) is 4.90 Å². The van der Waals surface area contributed by atoms with Gasteiger partial charge in [-0.3, -0.25) is 14.5 Å². The summed E-state index contributed by atoms with van der Waals surface area (Å²) in [4.78, 5) is 30.9. The first-order valence-electron chi connectivity index (χ1n) is 10.4. The van der Waals surface area contributed by atoms with Crippen molar-refractivity contribution in [3.63, 3.8) is 0 Å². The van der Waals surface area contributed by atoms with Gasteiger partial charge in [0.2, 0.25) is 0 Å². The van der Waals surface area contributed by atoms with Gasteiger partial charge in [0.1, 0.15) is 4.32 Å². The fourth-order valence-electron chi connectivity index (χ4n) is 4.45. The number of anilines is 1. The molecule has 1 saturated heterocycles. The van der Waals surface area contributed by atoms with E-state index in [2.05, 4.69) is 22.9 Å². The third-order valence-corrected chi connectivity index (χ3v) is 7.82. The molecule has 1 aromatic rings. The van der Waals surface area contributed by atoms with E-state index in [1.807, 2.05) is 23.1 Å². The highest BCUT2D eigenvalue weighted by molar-refractivity contribution is 9.10. The second kappa shape index (κ2) is 8.90. The molecule has 3 aliphatic rings. The second-order valence-electron chi connectivity index (χ2n) is 7.86. The second-order valence-corrected chi connectivity index (χ2v) is 10.4. The van der Waals surface area contributed by atoms with Crippen LogP contribution in [0.25, 0.3) is 5.57 Å². The molecule has 0 unspecified atom stereocenters. The van der Waals surface area contributed by atoms with Gasteiger partial charge in [-0.25, -0.2) is 0 Å². The van der Waals surface area contributed by atoms with Crippen molar-refractivity contribution in [3.05, 3.63) is 33.1 Å². The lowest BCUT2D eigenvalue weighted by atomic mass is 10.1. The van der Waals surface area contributed by atoms with Gasteiger partial charge in [-0.2, -0.15) is 0 Å². The summed E-state index contributed by atoms with van der Waals surface area (Å²) in [5.74, 6) is -0.157. The lowest BCUT2D eigenvalue weighted by molar-refractivity contribution is -0.123. The minimum atomic E-state index is -0.0889. The Morgan fingerprint density at radius 3 is 2.62 bits per heavy atom. The number of nitrogens with zero attached hydrogens (tertiary/aromatic N) is 2. The predicted octanol–water partition coefficient (Wildman–Crippen LogP) is 5.89. The highest BCUT2D eigenvalue weighted by Gasteiger charge is 2.44.